The molecule has 0 atom stereocenters. The van der Waals surface area contributed by atoms with E-state index in [2.05, 4.69) is 5.32 Å². The van der Waals surface area contributed by atoms with Crippen LogP contribution < -0.4 is 5.32 Å². The number of amides is 2. The highest BCUT2D eigenvalue weighted by atomic mass is 16.1. The van der Waals surface area contributed by atoms with Crippen LogP contribution >= 0.6 is 0 Å². The second-order valence-electron chi connectivity index (χ2n) is 5.48. The Labute approximate surface area is 128 Å². The van der Waals surface area contributed by atoms with Crippen LogP contribution in [-0.4, -0.2) is 33.3 Å². The van der Waals surface area contributed by atoms with Crippen molar-refractivity contribution in [3.8, 4) is 11.4 Å². The molecular formula is C16H18N4O2. The fourth-order valence-electron chi connectivity index (χ4n) is 2.79. The van der Waals surface area contributed by atoms with Crippen molar-refractivity contribution in [1.29, 1.82) is 0 Å². The van der Waals surface area contributed by atoms with E-state index in [0.29, 0.717) is 13.1 Å². The summed E-state index contributed by atoms with van der Waals surface area (Å²) in [6, 6.07) is 7.62. The summed E-state index contributed by atoms with van der Waals surface area (Å²) in [7, 11) is 1.96. The van der Waals surface area contributed by atoms with Crippen molar-refractivity contribution >= 4 is 18.0 Å². The van der Waals surface area contributed by atoms with Crippen LogP contribution in [0.5, 0.6) is 0 Å². The minimum Gasteiger partial charge on any atom is -0.339 e. The Kier molecular flexibility index (Phi) is 3.66. The largest absolute Gasteiger partial charge is 0.339 e. The van der Waals surface area contributed by atoms with E-state index in [1.54, 1.807) is 4.90 Å². The van der Waals surface area contributed by atoms with Crippen molar-refractivity contribution in [2.45, 2.75) is 19.9 Å². The number of benzene rings is 1. The van der Waals surface area contributed by atoms with Gasteiger partial charge in [0, 0.05) is 38.2 Å². The van der Waals surface area contributed by atoms with Crippen LogP contribution in [0.15, 0.2) is 24.3 Å². The first-order chi connectivity index (χ1) is 10.6. The molecule has 6 nitrogen and oxygen atoms in total. The summed E-state index contributed by atoms with van der Waals surface area (Å²) in [6.45, 7) is 2.78. The van der Waals surface area contributed by atoms with Gasteiger partial charge < -0.3 is 14.8 Å². The van der Waals surface area contributed by atoms with Gasteiger partial charge in [-0.1, -0.05) is 12.1 Å². The molecule has 2 amide bonds. The second kappa shape index (κ2) is 5.63. The summed E-state index contributed by atoms with van der Waals surface area (Å²) in [6.07, 6.45) is 1.65. The molecule has 114 valence electrons. The number of nitrogens with zero attached hydrogens (tertiary/aromatic N) is 3. The first kappa shape index (κ1) is 14.3. The van der Waals surface area contributed by atoms with E-state index in [0.717, 1.165) is 41.3 Å². The fraction of sp³-hybridized carbons (Fsp3) is 0.312. The Hall–Kier alpha value is -2.63. The van der Waals surface area contributed by atoms with Crippen LogP contribution in [0.2, 0.25) is 0 Å². The predicted molar refractivity (Wildman–Crippen MR) is 83.1 cm³/mol. The minimum absolute atomic E-state index is 0.0992. The van der Waals surface area contributed by atoms with Crippen molar-refractivity contribution < 1.29 is 9.59 Å². The molecule has 0 saturated heterocycles. The van der Waals surface area contributed by atoms with E-state index in [9.17, 15) is 9.59 Å². The smallest absolute Gasteiger partial charge is 0.221 e. The molecule has 0 radical (unpaired) electrons. The van der Waals surface area contributed by atoms with E-state index in [-0.39, 0.29) is 5.91 Å². The number of nitrogens with one attached hydrogen (secondary N) is 1. The van der Waals surface area contributed by atoms with Gasteiger partial charge in [0.1, 0.15) is 5.82 Å². The highest BCUT2D eigenvalue weighted by molar-refractivity contribution is 5.89. The summed E-state index contributed by atoms with van der Waals surface area (Å²) in [5.74, 6) is 0.753. The number of hydrogen-bond acceptors (Lipinski definition) is 3. The molecule has 1 N–H and O–H groups in total. The summed E-state index contributed by atoms with van der Waals surface area (Å²) < 4.78 is 2.03. The van der Waals surface area contributed by atoms with Gasteiger partial charge in [-0.15, -0.1) is 0 Å². The molecular weight excluding hydrogens is 280 g/mol. The van der Waals surface area contributed by atoms with Gasteiger partial charge in [-0.25, -0.2) is 4.98 Å². The molecule has 6 heteroatoms. The highest BCUT2D eigenvalue weighted by Gasteiger charge is 2.22. The van der Waals surface area contributed by atoms with Crippen molar-refractivity contribution in [1.82, 2.24) is 14.5 Å². The van der Waals surface area contributed by atoms with Crippen LogP contribution in [0.4, 0.5) is 5.69 Å². The van der Waals surface area contributed by atoms with Crippen molar-refractivity contribution in [2.24, 2.45) is 7.05 Å². The van der Waals surface area contributed by atoms with E-state index < -0.39 is 0 Å². The lowest BCUT2D eigenvalue weighted by atomic mass is 10.1. The standard InChI is InChI=1S/C16H18N4O2/c1-11(22)17-13-5-3-4-12(8-13)16-18-14-6-7-20(10-21)9-15(14)19(16)2/h3-5,8,10H,6-7,9H2,1-2H3,(H,17,22). The average molecular weight is 298 g/mol. The number of aromatic nitrogens is 2. The zero-order chi connectivity index (χ0) is 15.7. The fourth-order valence-corrected chi connectivity index (χ4v) is 2.79. The van der Waals surface area contributed by atoms with Crippen molar-refractivity contribution in [3.05, 3.63) is 35.7 Å². The maximum atomic E-state index is 11.2. The minimum atomic E-state index is -0.0992. The Bertz CT molecular complexity index is 736. The van der Waals surface area contributed by atoms with Crippen molar-refractivity contribution in [3.63, 3.8) is 0 Å². The quantitative estimate of drug-likeness (QED) is 0.874. The van der Waals surface area contributed by atoms with Crippen LogP contribution in [0.3, 0.4) is 0 Å². The van der Waals surface area contributed by atoms with Crippen LogP contribution in [0.1, 0.15) is 18.3 Å². The second-order valence-corrected chi connectivity index (χ2v) is 5.48. The molecule has 2 heterocycles. The lowest BCUT2D eigenvalue weighted by Gasteiger charge is -2.22. The van der Waals surface area contributed by atoms with Gasteiger partial charge in [0.25, 0.3) is 0 Å². The van der Waals surface area contributed by atoms with Gasteiger partial charge in [-0.2, -0.15) is 0 Å². The number of rotatable bonds is 3. The van der Waals surface area contributed by atoms with Crippen molar-refractivity contribution in [2.75, 3.05) is 11.9 Å². The molecule has 0 aliphatic carbocycles. The third-order valence-corrected chi connectivity index (χ3v) is 3.88. The Morgan fingerprint density at radius 3 is 2.95 bits per heavy atom. The van der Waals surface area contributed by atoms with Gasteiger partial charge in [0.15, 0.2) is 0 Å². The molecule has 0 saturated carbocycles. The Morgan fingerprint density at radius 1 is 1.41 bits per heavy atom. The van der Waals surface area contributed by atoms with Gasteiger partial charge in [0.05, 0.1) is 17.9 Å². The van der Waals surface area contributed by atoms with Gasteiger partial charge in [-0.3, -0.25) is 9.59 Å². The summed E-state index contributed by atoms with van der Waals surface area (Å²) >= 11 is 0. The molecule has 0 spiro atoms. The summed E-state index contributed by atoms with van der Waals surface area (Å²) in [5, 5.41) is 2.78. The summed E-state index contributed by atoms with van der Waals surface area (Å²) in [5.41, 5.74) is 3.81. The molecule has 1 aliphatic rings. The van der Waals surface area contributed by atoms with Crippen LogP contribution in [0, 0.1) is 0 Å². The van der Waals surface area contributed by atoms with E-state index >= 15 is 0 Å². The summed E-state index contributed by atoms with van der Waals surface area (Å²) in [4.78, 5) is 28.6. The molecule has 0 bridgehead atoms. The zero-order valence-corrected chi connectivity index (χ0v) is 12.7. The number of imidazole rings is 1. The number of carbonyl (C=O) groups is 2. The molecule has 0 unspecified atom stereocenters. The molecule has 3 rings (SSSR count). The number of carbonyl (C=O) groups excluding carboxylic acids is 2. The maximum absolute atomic E-state index is 11.2. The first-order valence-electron chi connectivity index (χ1n) is 7.20. The molecule has 22 heavy (non-hydrogen) atoms. The van der Waals surface area contributed by atoms with Gasteiger partial charge in [-0.05, 0) is 12.1 Å². The number of fused-ring (bicyclic) bond motifs is 1. The van der Waals surface area contributed by atoms with Gasteiger partial charge >= 0.3 is 0 Å². The third kappa shape index (κ3) is 2.59. The predicted octanol–water partition coefficient (Wildman–Crippen LogP) is 1.56. The Balaban J connectivity index is 1.98. The highest BCUT2D eigenvalue weighted by Crippen LogP contribution is 2.26. The monoisotopic (exact) mass is 298 g/mol. The topological polar surface area (TPSA) is 67.2 Å². The number of anilines is 1. The lowest BCUT2D eigenvalue weighted by molar-refractivity contribution is -0.119. The zero-order valence-electron chi connectivity index (χ0n) is 12.7. The van der Waals surface area contributed by atoms with Crippen LogP contribution in [0.25, 0.3) is 11.4 Å². The number of hydrogen-bond donors (Lipinski definition) is 1. The van der Waals surface area contributed by atoms with E-state index in [1.165, 1.54) is 6.92 Å². The molecule has 1 aromatic heterocycles. The molecule has 1 aliphatic heterocycles. The normalized spacial score (nSPS) is 13.6. The van der Waals surface area contributed by atoms with E-state index in [4.69, 9.17) is 4.98 Å². The Morgan fingerprint density at radius 2 is 2.23 bits per heavy atom. The SMILES string of the molecule is CC(=O)Nc1cccc(-c2nc3c(n2C)CN(C=O)CC3)c1. The maximum Gasteiger partial charge on any atom is 0.221 e. The molecule has 1 aromatic carbocycles. The molecule has 0 fully saturated rings. The molecule has 2 aromatic rings. The first-order valence-corrected chi connectivity index (χ1v) is 7.20. The van der Waals surface area contributed by atoms with Crippen LogP contribution in [-0.2, 0) is 29.6 Å². The van der Waals surface area contributed by atoms with E-state index in [1.807, 2.05) is 35.9 Å². The van der Waals surface area contributed by atoms with Gasteiger partial charge in [0.2, 0.25) is 12.3 Å². The average Bonchev–Trinajstić information content (AvgIpc) is 2.83. The third-order valence-electron chi connectivity index (χ3n) is 3.88. The lowest BCUT2D eigenvalue weighted by Crippen LogP contribution is -2.30.